The molecule has 7 heteroatoms. The first-order valence-electron chi connectivity index (χ1n) is 7.86. The largest absolute Gasteiger partial charge is 0.381 e. The Kier molecular flexibility index (Phi) is 4.93. The smallest absolute Gasteiger partial charge is 0.246 e. The standard InChI is InChI=1S/C17H20FN3O2S/c1-11-14(10-12-4-2-3-5-13(12)18)24-16(20-11)21-15(22)17(19)6-8-23-9-7-17/h2-5H,6-10,19H2,1H3,(H,20,21,22). The summed E-state index contributed by atoms with van der Waals surface area (Å²) in [5.74, 6) is -0.476. The number of anilines is 1. The molecule has 0 radical (unpaired) electrons. The van der Waals surface area contributed by atoms with Gasteiger partial charge in [0.2, 0.25) is 5.91 Å². The van der Waals surface area contributed by atoms with E-state index in [2.05, 4.69) is 10.3 Å². The van der Waals surface area contributed by atoms with Gasteiger partial charge in [-0.15, -0.1) is 11.3 Å². The molecule has 1 fully saturated rings. The van der Waals surface area contributed by atoms with Gasteiger partial charge in [0.25, 0.3) is 0 Å². The van der Waals surface area contributed by atoms with Gasteiger partial charge >= 0.3 is 0 Å². The third kappa shape index (κ3) is 3.63. The van der Waals surface area contributed by atoms with Gasteiger partial charge in [-0.3, -0.25) is 4.79 Å². The summed E-state index contributed by atoms with van der Waals surface area (Å²) in [5, 5.41) is 3.31. The summed E-state index contributed by atoms with van der Waals surface area (Å²) in [6, 6.07) is 6.67. The van der Waals surface area contributed by atoms with Crippen LogP contribution in [0.4, 0.5) is 9.52 Å². The number of nitrogens with one attached hydrogen (secondary N) is 1. The second-order valence-corrected chi connectivity index (χ2v) is 7.10. The van der Waals surface area contributed by atoms with Gasteiger partial charge in [0.15, 0.2) is 5.13 Å². The van der Waals surface area contributed by atoms with Crippen molar-refractivity contribution in [2.24, 2.45) is 5.73 Å². The van der Waals surface area contributed by atoms with Gasteiger partial charge in [0.05, 0.1) is 5.69 Å². The molecule has 0 spiro atoms. The Balaban J connectivity index is 1.72. The summed E-state index contributed by atoms with van der Waals surface area (Å²) in [5.41, 5.74) is 6.66. The highest BCUT2D eigenvalue weighted by atomic mass is 32.1. The van der Waals surface area contributed by atoms with E-state index in [1.807, 2.05) is 6.92 Å². The van der Waals surface area contributed by atoms with Crippen LogP contribution in [0, 0.1) is 12.7 Å². The topological polar surface area (TPSA) is 77.2 Å². The number of amides is 1. The molecule has 1 aromatic heterocycles. The van der Waals surface area contributed by atoms with E-state index in [4.69, 9.17) is 10.5 Å². The molecule has 0 bridgehead atoms. The molecule has 0 atom stereocenters. The monoisotopic (exact) mass is 349 g/mol. The molecular formula is C17H20FN3O2S. The van der Waals surface area contributed by atoms with E-state index in [1.165, 1.54) is 17.4 Å². The van der Waals surface area contributed by atoms with Crippen molar-refractivity contribution in [1.29, 1.82) is 0 Å². The molecule has 3 N–H and O–H groups in total. The van der Waals surface area contributed by atoms with Crippen LogP contribution in [0.25, 0.3) is 0 Å². The van der Waals surface area contributed by atoms with Crippen LogP contribution in [0.2, 0.25) is 0 Å². The quantitative estimate of drug-likeness (QED) is 0.889. The summed E-state index contributed by atoms with van der Waals surface area (Å²) in [7, 11) is 0. The average Bonchev–Trinajstić information content (AvgIpc) is 2.90. The predicted octanol–water partition coefficient (Wildman–Crippen LogP) is 2.63. The third-order valence-electron chi connectivity index (χ3n) is 4.26. The van der Waals surface area contributed by atoms with Crippen molar-refractivity contribution in [2.75, 3.05) is 18.5 Å². The SMILES string of the molecule is Cc1nc(NC(=O)C2(N)CCOCC2)sc1Cc1ccccc1F. The van der Waals surface area contributed by atoms with Crippen molar-refractivity contribution in [3.8, 4) is 0 Å². The highest BCUT2D eigenvalue weighted by molar-refractivity contribution is 7.15. The Hall–Kier alpha value is -1.83. The minimum atomic E-state index is -0.913. The Morgan fingerprint density at radius 3 is 2.83 bits per heavy atom. The number of nitrogens with zero attached hydrogens (tertiary/aromatic N) is 1. The number of halogens is 1. The lowest BCUT2D eigenvalue weighted by molar-refractivity contribution is -0.124. The van der Waals surface area contributed by atoms with Crippen LogP contribution in [0.1, 0.15) is 29.0 Å². The van der Waals surface area contributed by atoms with Crippen molar-refractivity contribution in [3.05, 3.63) is 46.2 Å². The number of thiazole rings is 1. The van der Waals surface area contributed by atoms with Crippen LogP contribution in [0.5, 0.6) is 0 Å². The molecular weight excluding hydrogens is 329 g/mol. The van der Waals surface area contributed by atoms with E-state index in [0.717, 1.165) is 10.6 Å². The van der Waals surface area contributed by atoms with E-state index in [1.54, 1.807) is 18.2 Å². The zero-order valence-electron chi connectivity index (χ0n) is 13.5. The first-order chi connectivity index (χ1) is 11.5. The molecule has 0 saturated carbocycles. The van der Waals surface area contributed by atoms with Crippen LogP contribution >= 0.6 is 11.3 Å². The lowest BCUT2D eigenvalue weighted by Crippen LogP contribution is -2.54. The molecule has 1 aliphatic heterocycles. The fraction of sp³-hybridized carbons (Fsp3) is 0.412. The molecule has 128 valence electrons. The number of carbonyl (C=O) groups excluding carboxylic acids is 1. The van der Waals surface area contributed by atoms with Crippen molar-refractivity contribution < 1.29 is 13.9 Å². The number of ether oxygens (including phenoxy) is 1. The van der Waals surface area contributed by atoms with Crippen LogP contribution in [-0.2, 0) is 16.0 Å². The third-order valence-corrected chi connectivity index (χ3v) is 5.33. The number of aromatic nitrogens is 1. The van der Waals surface area contributed by atoms with E-state index >= 15 is 0 Å². The van der Waals surface area contributed by atoms with Crippen LogP contribution < -0.4 is 11.1 Å². The van der Waals surface area contributed by atoms with E-state index in [9.17, 15) is 9.18 Å². The summed E-state index contributed by atoms with van der Waals surface area (Å²) in [4.78, 5) is 17.7. The Morgan fingerprint density at radius 1 is 1.42 bits per heavy atom. The lowest BCUT2D eigenvalue weighted by atomic mass is 9.90. The highest BCUT2D eigenvalue weighted by Crippen LogP contribution is 2.27. The number of benzene rings is 1. The van der Waals surface area contributed by atoms with Crippen LogP contribution in [0.3, 0.4) is 0 Å². The Labute approximate surface area is 144 Å². The normalized spacial score (nSPS) is 16.8. The van der Waals surface area contributed by atoms with Crippen molar-refractivity contribution in [3.63, 3.8) is 0 Å². The fourth-order valence-corrected chi connectivity index (χ4v) is 3.63. The van der Waals surface area contributed by atoms with E-state index in [0.29, 0.717) is 43.2 Å². The van der Waals surface area contributed by atoms with Gasteiger partial charge in [-0.2, -0.15) is 0 Å². The van der Waals surface area contributed by atoms with Gasteiger partial charge < -0.3 is 15.8 Å². The molecule has 24 heavy (non-hydrogen) atoms. The van der Waals surface area contributed by atoms with Crippen LogP contribution in [0.15, 0.2) is 24.3 Å². The first kappa shape index (κ1) is 17.0. The second kappa shape index (κ2) is 6.96. The maximum Gasteiger partial charge on any atom is 0.246 e. The molecule has 1 aliphatic rings. The Bertz CT molecular complexity index is 741. The number of aryl methyl sites for hydroxylation is 1. The number of hydrogen-bond acceptors (Lipinski definition) is 5. The molecule has 1 saturated heterocycles. The lowest BCUT2D eigenvalue weighted by Gasteiger charge is -2.31. The molecule has 1 aromatic carbocycles. The number of nitrogens with two attached hydrogens (primary N) is 1. The van der Waals surface area contributed by atoms with E-state index in [-0.39, 0.29) is 11.7 Å². The molecule has 1 amide bonds. The fourth-order valence-electron chi connectivity index (χ4n) is 2.64. The maximum absolute atomic E-state index is 13.8. The first-order valence-corrected chi connectivity index (χ1v) is 8.67. The Morgan fingerprint density at radius 2 is 2.12 bits per heavy atom. The minimum absolute atomic E-state index is 0.237. The second-order valence-electron chi connectivity index (χ2n) is 6.02. The van der Waals surface area contributed by atoms with Crippen LogP contribution in [-0.4, -0.2) is 29.6 Å². The molecule has 3 rings (SSSR count). The van der Waals surface area contributed by atoms with Crippen molar-refractivity contribution in [2.45, 2.75) is 31.7 Å². The van der Waals surface area contributed by atoms with Gasteiger partial charge in [0, 0.05) is 24.5 Å². The summed E-state index contributed by atoms with van der Waals surface area (Å²) in [6.45, 7) is 2.83. The molecule has 0 unspecified atom stereocenters. The zero-order valence-corrected chi connectivity index (χ0v) is 14.3. The molecule has 2 heterocycles. The van der Waals surface area contributed by atoms with Crippen molar-refractivity contribution >= 4 is 22.4 Å². The average molecular weight is 349 g/mol. The minimum Gasteiger partial charge on any atom is -0.381 e. The maximum atomic E-state index is 13.8. The highest BCUT2D eigenvalue weighted by Gasteiger charge is 2.36. The van der Waals surface area contributed by atoms with Gasteiger partial charge in [-0.25, -0.2) is 9.37 Å². The van der Waals surface area contributed by atoms with E-state index < -0.39 is 5.54 Å². The van der Waals surface area contributed by atoms with Crippen molar-refractivity contribution in [1.82, 2.24) is 4.98 Å². The zero-order chi connectivity index (χ0) is 17.2. The summed E-state index contributed by atoms with van der Waals surface area (Å²) >= 11 is 1.36. The summed E-state index contributed by atoms with van der Waals surface area (Å²) < 4.78 is 19.1. The summed E-state index contributed by atoms with van der Waals surface area (Å²) in [6.07, 6.45) is 1.43. The predicted molar refractivity (Wildman–Crippen MR) is 91.7 cm³/mol. The molecule has 5 nitrogen and oxygen atoms in total. The van der Waals surface area contributed by atoms with Gasteiger partial charge in [-0.1, -0.05) is 18.2 Å². The number of rotatable bonds is 4. The van der Waals surface area contributed by atoms with Gasteiger partial charge in [-0.05, 0) is 31.4 Å². The number of hydrogen-bond donors (Lipinski definition) is 2. The van der Waals surface area contributed by atoms with Gasteiger partial charge in [0.1, 0.15) is 11.4 Å². The number of carbonyl (C=O) groups is 1. The molecule has 0 aliphatic carbocycles. The molecule has 2 aromatic rings.